The van der Waals surface area contributed by atoms with Gasteiger partial charge in [0.15, 0.2) is 0 Å². The van der Waals surface area contributed by atoms with Gasteiger partial charge in [-0.15, -0.1) is 0 Å². The molecule has 0 radical (unpaired) electrons. The van der Waals surface area contributed by atoms with Crippen molar-refractivity contribution >= 4 is 11.6 Å². The van der Waals surface area contributed by atoms with E-state index in [-0.39, 0.29) is 0 Å². The van der Waals surface area contributed by atoms with Gasteiger partial charge in [0.1, 0.15) is 0 Å². The minimum absolute atomic E-state index is 0.765. The Morgan fingerprint density at radius 2 is 0.756 bits per heavy atom. The minimum Gasteiger partial charge on any atom is -0.0843 e. The average Bonchev–Trinajstić information content (AvgIpc) is 3.67. The maximum absolute atomic E-state index is 6.91. The highest BCUT2D eigenvalue weighted by Crippen LogP contribution is 2.48. The molecule has 2 aliphatic rings. The highest BCUT2D eigenvalue weighted by atomic mass is 35.5. The van der Waals surface area contributed by atoms with Crippen molar-refractivity contribution in [3.8, 4) is 66.8 Å². The standard InChI is InChI=1S/C44H29Cl/c45-32-24-30(35-17-8-19-38-34-15-5-4-13-29(34)26-42(35)38)23-31(25-32)36-18-9-20-40-41-22-10-21-39(44(41)27-43(36)40)37-16-7-6-14-33(37)28-11-2-1-3-12-28/h1-25H,26-27H2. The zero-order valence-electron chi connectivity index (χ0n) is 24.7. The molecule has 0 aromatic heterocycles. The van der Waals surface area contributed by atoms with E-state index in [0.717, 1.165) is 17.9 Å². The molecule has 0 saturated carbocycles. The molecule has 0 aliphatic heterocycles. The molecule has 0 N–H and O–H groups in total. The van der Waals surface area contributed by atoms with Gasteiger partial charge in [0, 0.05) is 5.02 Å². The van der Waals surface area contributed by atoms with Crippen molar-refractivity contribution < 1.29 is 0 Å². The third-order valence-electron chi connectivity index (χ3n) is 9.67. The Morgan fingerprint density at radius 3 is 1.42 bits per heavy atom. The predicted octanol–water partition coefficient (Wildman–Crippen LogP) is 12.2. The summed E-state index contributed by atoms with van der Waals surface area (Å²) in [6.07, 6.45) is 1.84. The molecule has 212 valence electrons. The Kier molecular flexibility index (Phi) is 6.11. The molecule has 7 aromatic carbocycles. The maximum atomic E-state index is 6.91. The second-order valence-electron chi connectivity index (χ2n) is 12.1. The third kappa shape index (κ3) is 4.29. The minimum atomic E-state index is 0.765. The molecule has 0 bridgehead atoms. The summed E-state index contributed by atoms with van der Waals surface area (Å²) in [5.74, 6) is 0. The molecule has 9 rings (SSSR count). The van der Waals surface area contributed by atoms with E-state index in [1.165, 1.54) is 89.0 Å². The number of rotatable bonds is 4. The number of hydrogen-bond acceptors (Lipinski definition) is 0. The molecule has 0 amide bonds. The summed E-state index contributed by atoms with van der Waals surface area (Å²) >= 11 is 6.91. The molecule has 45 heavy (non-hydrogen) atoms. The Labute approximate surface area is 269 Å². The van der Waals surface area contributed by atoms with Crippen LogP contribution in [0.1, 0.15) is 22.3 Å². The molecule has 0 saturated heterocycles. The van der Waals surface area contributed by atoms with Crippen LogP contribution in [0.25, 0.3) is 66.8 Å². The van der Waals surface area contributed by atoms with Crippen molar-refractivity contribution in [2.24, 2.45) is 0 Å². The first-order valence-corrected chi connectivity index (χ1v) is 16.0. The first-order chi connectivity index (χ1) is 22.2. The lowest BCUT2D eigenvalue weighted by atomic mass is 9.90. The predicted molar refractivity (Wildman–Crippen MR) is 190 cm³/mol. The lowest BCUT2D eigenvalue weighted by Gasteiger charge is -2.14. The van der Waals surface area contributed by atoms with Gasteiger partial charge in [-0.1, -0.05) is 145 Å². The summed E-state index contributed by atoms with van der Waals surface area (Å²) in [6, 6.07) is 55.1. The molecule has 0 fully saturated rings. The van der Waals surface area contributed by atoms with E-state index in [4.69, 9.17) is 11.6 Å². The van der Waals surface area contributed by atoms with Crippen LogP contribution in [0.15, 0.2) is 152 Å². The first-order valence-electron chi connectivity index (χ1n) is 15.6. The van der Waals surface area contributed by atoms with E-state index < -0.39 is 0 Å². The highest BCUT2D eigenvalue weighted by molar-refractivity contribution is 6.31. The fourth-order valence-electron chi connectivity index (χ4n) is 7.67. The van der Waals surface area contributed by atoms with Crippen molar-refractivity contribution in [2.75, 3.05) is 0 Å². The number of fused-ring (bicyclic) bond motifs is 6. The quantitative estimate of drug-likeness (QED) is 0.191. The normalized spacial score (nSPS) is 12.4. The topological polar surface area (TPSA) is 0 Å². The fraction of sp³-hybridized carbons (Fsp3) is 0.0455. The van der Waals surface area contributed by atoms with E-state index >= 15 is 0 Å². The molecule has 0 spiro atoms. The van der Waals surface area contributed by atoms with Crippen LogP contribution < -0.4 is 0 Å². The first kappa shape index (κ1) is 26.3. The summed E-state index contributed by atoms with van der Waals surface area (Å²) in [4.78, 5) is 0. The summed E-state index contributed by atoms with van der Waals surface area (Å²) in [5, 5.41) is 0.765. The largest absolute Gasteiger partial charge is 0.0843 e. The summed E-state index contributed by atoms with van der Waals surface area (Å²) in [7, 11) is 0. The summed E-state index contributed by atoms with van der Waals surface area (Å²) in [6.45, 7) is 0. The van der Waals surface area contributed by atoms with E-state index in [1.54, 1.807) is 0 Å². The lowest BCUT2D eigenvalue weighted by Crippen LogP contribution is -1.93. The molecular formula is C44H29Cl. The van der Waals surface area contributed by atoms with Gasteiger partial charge in [-0.3, -0.25) is 0 Å². The van der Waals surface area contributed by atoms with Crippen LogP contribution >= 0.6 is 11.6 Å². The second kappa shape index (κ2) is 10.5. The average molecular weight is 593 g/mol. The van der Waals surface area contributed by atoms with Gasteiger partial charge in [0.05, 0.1) is 0 Å². The van der Waals surface area contributed by atoms with Crippen molar-refractivity contribution in [3.63, 3.8) is 0 Å². The van der Waals surface area contributed by atoms with E-state index in [1.807, 2.05) is 0 Å². The molecule has 7 aromatic rings. The van der Waals surface area contributed by atoms with Crippen LogP contribution in [0.4, 0.5) is 0 Å². The highest BCUT2D eigenvalue weighted by Gasteiger charge is 2.26. The lowest BCUT2D eigenvalue weighted by molar-refractivity contribution is 1.26. The van der Waals surface area contributed by atoms with E-state index in [9.17, 15) is 0 Å². The molecule has 0 atom stereocenters. The van der Waals surface area contributed by atoms with Gasteiger partial charge < -0.3 is 0 Å². The third-order valence-corrected chi connectivity index (χ3v) is 9.89. The van der Waals surface area contributed by atoms with Crippen LogP contribution in [-0.2, 0) is 12.8 Å². The number of hydrogen-bond donors (Lipinski definition) is 0. The van der Waals surface area contributed by atoms with Crippen LogP contribution in [0.2, 0.25) is 5.02 Å². The molecule has 2 aliphatic carbocycles. The van der Waals surface area contributed by atoms with Crippen LogP contribution in [0.3, 0.4) is 0 Å². The summed E-state index contributed by atoms with van der Waals surface area (Å²) in [5.41, 5.74) is 20.8. The van der Waals surface area contributed by atoms with Gasteiger partial charge in [0.2, 0.25) is 0 Å². The monoisotopic (exact) mass is 592 g/mol. The molecule has 0 nitrogen and oxygen atoms in total. The van der Waals surface area contributed by atoms with Crippen molar-refractivity contribution in [2.45, 2.75) is 12.8 Å². The van der Waals surface area contributed by atoms with Gasteiger partial charge in [-0.25, -0.2) is 0 Å². The maximum Gasteiger partial charge on any atom is 0.0418 e. The molecule has 0 heterocycles. The fourth-order valence-corrected chi connectivity index (χ4v) is 7.91. The number of halogens is 1. The Hall–Kier alpha value is -5.17. The van der Waals surface area contributed by atoms with Crippen LogP contribution in [-0.4, -0.2) is 0 Å². The smallest absolute Gasteiger partial charge is 0.0418 e. The van der Waals surface area contributed by atoms with Crippen LogP contribution in [0, 0.1) is 0 Å². The van der Waals surface area contributed by atoms with Crippen molar-refractivity contribution in [3.05, 3.63) is 179 Å². The Balaban J connectivity index is 1.15. The number of benzene rings is 7. The molecule has 1 heteroatoms. The van der Waals surface area contributed by atoms with Crippen LogP contribution in [0.5, 0.6) is 0 Å². The van der Waals surface area contributed by atoms with Gasteiger partial charge in [0.25, 0.3) is 0 Å². The van der Waals surface area contributed by atoms with Gasteiger partial charge in [-0.2, -0.15) is 0 Å². The van der Waals surface area contributed by atoms with Crippen molar-refractivity contribution in [1.29, 1.82) is 0 Å². The van der Waals surface area contributed by atoms with E-state index in [0.29, 0.717) is 0 Å². The second-order valence-corrected chi connectivity index (χ2v) is 12.6. The summed E-state index contributed by atoms with van der Waals surface area (Å²) < 4.78 is 0. The molecule has 0 unspecified atom stereocenters. The Bertz CT molecular complexity index is 2270. The zero-order valence-corrected chi connectivity index (χ0v) is 25.5. The van der Waals surface area contributed by atoms with Gasteiger partial charge in [-0.05, 0) is 120 Å². The van der Waals surface area contributed by atoms with Gasteiger partial charge >= 0.3 is 0 Å². The zero-order chi connectivity index (χ0) is 29.9. The SMILES string of the molecule is Clc1cc(-c2cccc3c2Cc2ccccc2-3)cc(-c2cccc3c2Cc2c(-c4ccccc4-c4ccccc4)cccc2-3)c1. The molecular weight excluding hydrogens is 564 g/mol. The van der Waals surface area contributed by atoms with Crippen molar-refractivity contribution in [1.82, 2.24) is 0 Å². The Morgan fingerprint density at radius 1 is 0.311 bits per heavy atom. The van der Waals surface area contributed by atoms with E-state index in [2.05, 4.69) is 152 Å².